The van der Waals surface area contributed by atoms with Crippen LogP contribution in [0.4, 0.5) is 0 Å². The Bertz CT molecular complexity index is 305. The number of ether oxygens (including phenoxy) is 2. The lowest BCUT2D eigenvalue weighted by atomic mass is 10.3. The first-order chi connectivity index (χ1) is 7.27. The smallest absolute Gasteiger partial charge is 0.256 e. The average Bonchev–Trinajstić information content (AvgIpc) is 2.25. The van der Waals surface area contributed by atoms with Gasteiger partial charge in [0.25, 0.3) is 5.88 Å². The molecule has 0 aliphatic heterocycles. The van der Waals surface area contributed by atoms with Gasteiger partial charge in [0, 0.05) is 12.3 Å². The van der Waals surface area contributed by atoms with Crippen molar-refractivity contribution < 1.29 is 9.47 Å². The maximum Gasteiger partial charge on any atom is 0.256 e. The third kappa shape index (κ3) is 3.96. The number of nitrogens with zero attached hydrogens (tertiary/aromatic N) is 1. The zero-order valence-corrected chi connectivity index (χ0v) is 9.88. The molecule has 15 heavy (non-hydrogen) atoms. The highest BCUT2D eigenvalue weighted by atomic mass is 35.5. The Hall–Kier alpha value is -0.960. The lowest BCUT2D eigenvalue weighted by molar-refractivity contribution is 0.281. The molecule has 1 aromatic heterocycles. The number of methoxy groups -OCH3 is 1. The van der Waals surface area contributed by atoms with Gasteiger partial charge in [0.1, 0.15) is 0 Å². The average molecular weight is 230 g/mol. The summed E-state index contributed by atoms with van der Waals surface area (Å²) in [6.45, 7) is 2.83. The predicted octanol–water partition coefficient (Wildman–Crippen LogP) is 3.31. The highest BCUT2D eigenvalue weighted by Gasteiger charge is 2.06. The van der Waals surface area contributed by atoms with E-state index in [1.807, 2.05) is 0 Å². The number of unbranched alkanes of at least 4 members (excludes halogenated alkanes) is 2. The maximum absolute atomic E-state index is 5.82. The van der Waals surface area contributed by atoms with Crippen LogP contribution in [0.1, 0.15) is 26.2 Å². The van der Waals surface area contributed by atoms with Crippen molar-refractivity contribution in [1.82, 2.24) is 4.98 Å². The zero-order valence-electron chi connectivity index (χ0n) is 9.12. The minimum atomic E-state index is 0.482. The van der Waals surface area contributed by atoms with Crippen LogP contribution in [0.5, 0.6) is 11.6 Å². The Morgan fingerprint density at radius 2 is 2.20 bits per heavy atom. The summed E-state index contributed by atoms with van der Waals surface area (Å²) in [5.41, 5.74) is 0. The van der Waals surface area contributed by atoms with Crippen LogP contribution in [0, 0.1) is 0 Å². The van der Waals surface area contributed by atoms with E-state index in [0.717, 1.165) is 12.8 Å². The first-order valence-corrected chi connectivity index (χ1v) is 5.48. The molecule has 0 aromatic carbocycles. The fraction of sp³-hybridized carbons (Fsp3) is 0.545. The van der Waals surface area contributed by atoms with E-state index in [0.29, 0.717) is 23.3 Å². The number of hydrogen-bond donors (Lipinski definition) is 0. The molecule has 84 valence electrons. The molecule has 0 bridgehead atoms. The van der Waals surface area contributed by atoms with Gasteiger partial charge in [-0.3, -0.25) is 0 Å². The Morgan fingerprint density at radius 1 is 1.40 bits per heavy atom. The van der Waals surface area contributed by atoms with Gasteiger partial charge in [-0.25, -0.2) is 4.98 Å². The summed E-state index contributed by atoms with van der Waals surface area (Å²) in [4.78, 5) is 4.02. The summed E-state index contributed by atoms with van der Waals surface area (Å²) in [6, 6.07) is 1.72. The number of hydrogen-bond acceptors (Lipinski definition) is 3. The molecule has 0 amide bonds. The summed E-state index contributed by atoms with van der Waals surface area (Å²) >= 11 is 5.82. The van der Waals surface area contributed by atoms with Crippen LogP contribution in [0.25, 0.3) is 0 Å². The highest BCUT2D eigenvalue weighted by Crippen LogP contribution is 2.27. The van der Waals surface area contributed by atoms with E-state index < -0.39 is 0 Å². The summed E-state index contributed by atoms with van der Waals surface area (Å²) in [7, 11) is 1.56. The second-order valence-electron chi connectivity index (χ2n) is 3.22. The molecule has 0 spiro atoms. The third-order valence-corrected chi connectivity index (χ3v) is 2.19. The summed E-state index contributed by atoms with van der Waals surface area (Å²) in [6.07, 6.45) is 4.91. The van der Waals surface area contributed by atoms with Gasteiger partial charge >= 0.3 is 0 Å². The number of aromatic nitrogens is 1. The molecule has 1 aromatic rings. The van der Waals surface area contributed by atoms with Gasteiger partial charge in [-0.2, -0.15) is 0 Å². The van der Waals surface area contributed by atoms with Crippen LogP contribution in [-0.4, -0.2) is 18.7 Å². The Labute approximate surface area is 95.4 Å². The van der Waals surface area contributed by atoms with Gasteiger partial charge < -0.3 is 9.47 Å². The predicted molar refractivity (Wildman–Crippen MR) is 60.8 cm³/mol. The quantitative estimate of drug-likeness (QED) is 0.702. The van der Waals surface area contributed by atoms with Crippen molar-refractivity contribution in [2.75, 3.05) is 13.7 Å². The number of pyridine rings is 1. The van der Waals surface area contributed by atoms with E-state index in [2.05, 4.69) is 11.9 Å². The summed E-state index contributed by atoms with van der Waals surface area (Å²) in [5, 5.41) is 0.557. The van der Waals surface area contributed by atoms with E-state index >= 15 is 0 Å². The molecule has 4 heteroatoms. The second kappa shape index (κ2) is 6.51. The molecule has 1 rings (SSSR count). The zero-order chi connectivity index (χ0) is 11.1. The maximum atomic E-state index is 5.82. The van der Waals surface area contributed by atoms with Gasteiger partial charge in [-0.05, 0) is 6.42 Å². The molecule has 0 N–H and O–H groups in total. The van der Waals surface area contributed by atoms with E-state index in [4.69, 9.17) is 21.1 Å². The van der Waals surface area contributed by atoms with Gasteiger partial charge in [0.15, 0.2) is 5.75 Å². The summed E-state index contributed by atoms with van der Waals surface area (Å²) < 4.78 is 10.6. The third-order valence-electron chi connectivity index (χ3n) is 1.98. The Balaban J connectivity index is 2.54. The SMILES string of the molecule is CCCCCOc1cc(Cl)cnc1OC. The molecular formula is C11H16ClNO2. The molecular weight excluding hydrogens is 214 g/mol. The lowest BCUT2D eigenvalue weighted by Gasteiger charge is -2.09. The normalized spacial score (nSPS) is 10.1. The Kier molecular flexibility index (Phi) is 5.26. The fourth-order valence-corrected chi connectivity index (χ4v) is 1.35. The van der Waals surface area contributed by atoms with Gasteiger partial charge in [0.2, 0.25) is 0 Å². The molecule has 0 aliphatic carbocycles. The van der Waals surface area contributed by atoms with Crippen molar-refractivity contribution in [2.24, 2.45) is 0 Å². The minimum Gasteiger partial charge on any atom is -0.488 e. The van der Waals surface area contributed by atoms with E-state index in [9.17, 15) is 0 Å². The standard InChI is InChI=1S/C11H16ClNO2/c1-3-4-5-6-15-10-7-9(12)8-13-11(10)14-2/h7-8H,3-6H2,1-2H3. The minimum absolute atomic E-state index is 0.482. The van der Waals surface area contributed by atoms with E-state index in [1.54, 1.807) is 19.4 Å². The van der Waals surface area contributed by atoms with Crippen molar-refractivity contribution in [3.8, 4) is 11.6 Å². The van der Waals surface area contributed by atoms with Crippen LogP contribution in [0.3, 0.4) is 0 Å². The van der Waals surface area contributed by atoms with Crippen molar-refractivity contribution >= 4 is 11.6 Å². The van der Waals surface area contributed by atoms with Crippen molar-refractivity contribution in [3.05, 3.63) is 17.3 Å². The molecule has 0 saturated heterocycles. The lowest BCUT2D eigenvalue weighted by Crippen LogP contribution is -2.00. The van der Waals surface area contributed by atoms with Gasteiger partial charge in [-0.1, -0.05) is 31.4 Å². The van der Waals surface area contributed by atoms with Crippen LogP contribution in [0.2, 0.25) is 5.02 Å². The molecule has 0 aliphatic rings. The summed E-state index contributed by atoms with van der Waals surface area (Å²) in [5.74, 6) is 1.09. The second-order valence-corrected chi connectivity index (χ2v) is 3.65. The largest absolute Gasteiger partial charge is 0.488 e. The first-order valence-electron chi connectivity index (χ1n) is 5.10. The van der Waals surface area contributed by atoms with Crippen LogP contribution in [-0.2, 0) is 0 Å². The number of rotatable bonds is 6. The topological polar surface area (TPSA) is 31.4 Å². The molecule has 3 nitrogen and oxygen atoms in total. The van der Waals surface area contributed by atoms with Crippen molar-refractivity contribution in [3.63, 3.8) is 0 Å². The molecule has 0 unspecified atom stereocenters. The van der Waals surface area contributed by atoms with E-state index in [1.165, 1.54) is 6.42 Å². The number of halogens is 1. The molecule has 0 saturated carbocycles. The molecule has 0 radical (unpaired) electrons. The van der Waals surface area contributed by atoms with Gasteiger partial charge in [-0.15, -0.1) is 0 Å². The van der Waals surface area contributed by atoms with Gasteiger partial charge in [0.05, 0.1) is 18.7 Å². The highest BCUT2D eigenvalue weighted by molar-refractivity contribution is 6.30. The van der Waals surface area contributed by atoms with Crippen LogP contribution in [0.15, 0.2) is 12.3 Å². The molecule has 0 fully saturated rings. The monoisotopic (exact) mass is 229 g/mol. The van der Waals surface area contributed by atoms with Crippen LogP contribution < -0.4 is 9.47 Å². The Morgan fingerprint density at radius 3 is 2.87 bits per heavy atom. The van der Waals surface area contributed by atoms with E-state index in [-0.39, 0.29) is 0 Å². The molecule has 0 atom stereocenters. The molecule has 1 heterocycles. The van der Waals surface area contributed by atoms with Crippen molar-refractivity contribution in [1.29, 1.82) is 0 Å². The fourth-order valence-electron chi connectivity index (χ4n) is 1.20. The first kappa shape index (κ1) is 12.1. The van der Waals surface area contributed by atoms with Crippen molar-refractivity contribution in [2.45, 2.75) is 26.2 Å². The van der Waals surface area contributed by atoms with Crippen LogP contribution >= 0.6 is 11.6 Å².